The fraction of sp³-hybridized carbons (Fsp3) is 0.286. The lowest BCUT2D eigenvalue weighted by Crippen LogP contribution is -2.31. The Hall–Kier alpha value is -1.98. The SMILES string of the molecule is Cn1ccc2cc(N(N)/C(=C\N)CCCN)ccc21. The van der Waals surface area contributed by atoms with Crippen LogP contribution in [0.3, 0.4) is 0 Å². The van der Waals surface area contributed by atoms with Crippen molar-refractivity contribution in [2.75, 3.05) is 11.6 Å². The van der Waals surface area contributed by atoms with E-state index >= 15 is 0 Å². The van der Waals surface area contributed by atoms with Crippen molar-refractivity contribution in [2.24, 2.45) is 24.4 Å². The zero-order chi connectivity index (χ0) is 13.8. The van der Waals surface area contributed by atoms with E-state index in [2.05, 4.69) is 22.8 Å². The Morgan fingerprint density at radius 1 is 1.37 bits per heavy atom. The van der Waals surface area contributed by atoms with Gasteiger partial charge in [0, 0.05) is 30.3 Å². The number of nitrogens with two attached hydrogens (primary N) is 3. The highest BCUT2D eigenvalue weighted by atomic mass is 15.4. The predicted octanol–water partition coefficient (Wildman–Crippen LogP) is 1.40. The second kappa shape index (κ2) is 5.77. The Morgan fingerprint density at radius 3 is 2.84 bits per heavy atom. The molecule has 0 fully saturated rings. The lowest BCUT2D eigenvalue weighted by Gasteiger charge is -2.22. The monoisotopic (exact) mass is 259 g/mol. The summed E-state index contributed by atoms with van der Waals surface area (Å²) in [5.41, 5.74) is 14.1. The third-order valence-electron chi connectivity index (χ3n) is 3.29. The number of aromatic nitrogens is 1. The van der Waals surface area contributed by atoms with E-state index in [1.807, 2.05) is 19.3 Å². The Labute approximate surface area is 113 Å². The van der Waals surface area contributed by atoms with Crippen molar-refractivity contribution in [3.05, 3.63) is 42.4 Å². The van der Waals surface area contributed by atoms with Gasteiger partial charge in [-0.2, -0.15) is 0 Å². The first-order chi connectivity index (χ1) is 9.17. The average Bonchev–Trinajstić information content (AvgIpc) is 2.80. The number of aryl methyl sites for hydroxylation is 1. The van der Waals surface area contributed by atoms with E-state index in [1.54, 1.807) is 11.2 Å². The van der Waals surface area contributed by atoms with E-state index in [9.17, 15) is 0 Å². The van der Waals surface area contributed by atoms with E-state index in [0.717, 1.165) is 29.6 Å². The van der Waals surface area contributed by atoms with Gasteiger partial charge in [0.2, 0.25) is 0 Å². The van der Waals surface area contributed by atoms with Crippen molar-refractivity contribution >= 4 is 16.6 Å². The summed E-state index contributed by atoms with van der Waals surface area (Å²) in [6.07, 6.45) is 5.22. The van der Waals surface area contributed by atoms with Gasteiger partial charge in [-0.1, -0.05) is 0 Å². The smallest absolute Gasteiger partial charge is 0.0579 e. The van der Waals surface area contributed by atoms with Gasteiger partial charge in [-0.15, -0.1) is 0 Å². The highest BCUT2D eigenvalue weighted by Gasteiger charge is 2.09. The largest absolute Gasteiger partial charge is 0.403 e. The molecule has 0 saturated carbocycles. The van der Waals surface area contributed by atoms with Gasteiger partial charge in [0.25, 0.3) is 0 Å². The molecular formula is C14H21N5. The third-order valence-corrected chi connectivity index (χ3v) is 3.29. The molecule has 19 heavy (non-hydrogen) atoms. The molecule has 6 N–H and O–H groups in total. The molecule has 5 heteroatoms. The number of rotatable bonds is 5. The van der Waals surface area contributed by atoms with Crippen LogP contribution in [0.2, 0.25) is 0 Å². The van der Waals surface area contributed by atoms with Crippen LogP contribution in [0.4, 0.5) is 5.69 Å². The summed E-state index contributed by atoms with van der Waals surface area (Å²) < 4.78 is 2.08. The van der Waals surface area contributed by atoms with Gasteiger partial charge in [-0.05, 0) is 43.7 Å². The quantitative estimate of drug-likeness (QED) is 0.559. The van der Waals surface area contributed by atoms with Gasteiger partial charge in [0.05, 0.1) is 11.4 Å². The molecule has 2 rings (SSSR count). The van der Waals surface area contributed by atoms with Gasteiger partial charge in [-0.25, -0.2) is 5.84 Å². The molecule has 5 nitrogen and oxygen atoms in total. The summed E-state index contributed by atoms with van der Waals surface area (Å²) in [6.45, 7) is 0.628. The topological polar surface area (TPSA) is 86.2 Å². The number of hydrazine groups is 1. The average molecular weight is 259 g/mol. The van der Waals surface area contributed by atoms with Gasteiger partial charge in [-0.3, -0.25) is 5.01 Å². The number of anilines is 1. The maximum atomic E-state index is 6.13. The molecule has 1 aromatic carbocycles. The zero-order valence-corrected chi connectivity index (χ0v) is 11.2. The number of allylic oxidation sites excluding steroid dienone is 1. The molecule has 0 unspecified atom stereocenters. The first-order valence-corrected chi connectivity index (χ1v) is 6.38. The minimum Gasteiger partial charge on any atom is -0.403 e. The molecule has 2 aromatic rings. The molecule has 0 atom stereocenters. The summed E-state index contributed by atoms with van der Waals surface area (Å²) in [7, 11) is 2.02. The minimum atomic E-state index is 0.628. The van der Waals surface area contributed by atoms with Crippen molar-refractivity contribution < 1.29 is 0 Å². The van der Waals surface area contributed by atoms with E-state index < -0.39 is 0 Å². The van der Waals surface area contributed by atoms with Gasteiger partial charge in [0.1, 0.15) is 0 Å². The Bertz CT molecular complexity index is 585. The third kappa shape index (κ3) is 2.72. The molecule has 1 aromatic heterocycles. The van der Waals surface area contributed by atoms with E-state index in [4.69, 9.17) is 17.3 Å². The van der Waals surface area contributed by atoms with E-state index in [0.29, 0.717) is 6.54 Å². The lowest BCUT2D eigenvalue weighted by atomic mass is 10.2. The van der Waals surface area contributed by atoms with Crippen LogP contribution >= 0.6 is 0 Å². The van der Waals surface area contributed by atoms with Crippen molar-refractivity contribution in [1.29, 1.82) is 0 Å². The van der Waals surface area contributed by atoms with Gasteiger partial charge < -0.3 is 16.0 Å². The lowest BCUT2D eigenvalue weighted by molar-refractivity contribution is 0.781. The van der Waals surface area contributed by atoms with Crippen molar-refractivity contribution in [2.45, 2.75) is 12.8 Å². The van der Waals surface area contributed by atoms with Gasteiger partial charge in [0.15, 0.2) is 0 Å². The molecule has 0 amide bonds. The molecule has 0 aliphatic rings. The van der Waals surface area contributed by atoms with Crippen LogP contribution < -0.4 is 22.3 Å². The summed E-state index contributed by atoms with van der Waals surface area (Å²) in [5, 5.41) is 2.79. The fourth-order valence-electron chi connectivity index (χ4n) is 2.15. The minimum absolute atomic E-state index is 0.628. The first kappa shape index (κ1) is 13.5. The highest BCUT2D eigenvalue weighted by Crippen LogP contribution is 2.24. The molecule has 0 aliphatic heterocycles. The van der Waals surface area contributed by atoms with Crippen molar-refractivity contribution in [3.8, 4) is 0 Å². The summed E-state index contributed by atoms with van der Waals surface area (Å²) in [6, 6.07) is 8.18. The molecular weight excluding hydrogens is 238 g/mol. The summed E-state index contributed by atoms with van der Waals surface area (Å²) in [5.74, 6) is 6.13. The Morgan fingerprint density at radius 2 is 2.16 bits per heavy atom. The van der Waals surface area contributed by atoms with Crippen LogP contribution in [0.1, 0.15) is 12.8 Å². The zero-order valence-electron chi connectivity index (χ0n) is 11.2. The molecule has 1 heterocycles. The van der Waals surface area contributed by atoms with Crippen LogP contribution in [0.5, 0.6) is 0 Å². The van der Waals surface area contributed by atoms with Crippen LogP contribution in [-0.4, -0.2) is 11.1 Å². The highest BCUT2D eigenvalue weighted by molar-refractivity contribution is 5.84. The predicted molar refractivity (Wildman–Crippen MR) is 80.1 cm³/mol. The summed E-state index contributed by atoms with van der Waals surface area (Å²) in [4.78, 5) is 0. The number of benzene rings is 1. The number of fused-ring (bicyclic) bond motifs is 1. The van der Waals surface area contributed by atoms with Crippen LogP contribution in [-0.2, 0) is 7.05 Å². The van der Waals surface area contributed by atoms with Crippen LogP contribution in [0.25, 0.3) is 10.9 Å². The molecule has 0 radical (unpaired) electrons. The van der Waals surface area contributed by atoms with Crippen molar-refractivity contribution in [3.63, 3.8) is 0 Å². The first-order valence-electron chi connectivity index (χ1n) is 6.38. The molecule has 0 bridgehead atoms. The van der Waals surface area contributed by atoms with Crippen LogP contribution in [0.15, 0.2) is 42.4 Å². The fourth-order valence-corrected chi connectivity index (χ4v) is 2.15. The van der Waals surface area contributed by atoms with E-state index in [-0.39, 0.29) is 0 Å². The molecule has 102 valence electrons. The standard InChI is InChI=1S/C14H21N5/c1-18-8-6-11-9-12(4-5-14(11)18)19(17)13(10-16)3-2-7-15/h4-6,8-10H,2-3,7,15-17H2,1H3/b13-10-. The number of nitrogens with zero attached hydrogens (tertiary/aromatic N) is 2. The Kier molecular flexibility index (Phi) is 4.09. The van der Waals surface area contributed by atoms with Crippen LogP contribution in [0, 0.1) is 0 Å². The second-order valence-electron chi connectivity index (χ2n) is 4.59. The maximum Gasteiger partial charge on any atom is 0.0579 e. The van der Waals surface area contributed by atoms with Gasteiger partial charge >= 0.3 is 0 Å². The van der Waals surface area contributed by atoms with Crippen molar-refractivity contribution in [1.82, 2.24) is 4.57 Å². The maximum absolute atomic E-state index is 6.13. The summed E-state index contributed by atoms with van der Waals surface area (Å²) >= 11 is 0. The Balaban J connectivity index is 2.27. The number of hydrogen-bond donors (Lipinski definition) is 3. The second-order valence-corrected chi connectivity index (χ2v) is 4.59. The molecule has 0 saturated heterocycles. The molecule has 0 aliphatic carbocycles. The normalized spacial score (nSPS) is 12.1. The van der Waals surface area contributed by atoms with E-state index in [1.165, 1.54) is 5.52 Å². The molecule has 0 spiro atoms. The number of hydrogen-bond acceptors (Lipinski definition) is 4.